The van der Waals surface area contributed by atoms with Gasteiger partial charge in [-0.15, -0.1) is 0 Å². The van der Waals surface area contributed by atoms with Gasteiger partial charge in [-0.1, -0.05) is 25.3 Å². The Morgan fingerprint density at radius 2 is 1.75 bits per heavy atom. The highest BCUT2D eigenvalue weighted by Crippen LogP contribution is 2.34. The normalized spacial score (nSPS) is 14.1. The first-order chi connectivity index (χ1) is 19.7. The van der Waals surface area contributed by atoms with Crippen molar-refractivity contribution >= 4 is 33.7 Å². The number of hydrogen-bond donors (Lipinski definition) is 3. The topological polar surface area (TPSA) is 125 Å². The molecule has 0 aromatic carbocycles. The van der Waals surface area contributed by atoms with Crippen molar-refractivity contribution in [1.29, 1.82) is 0 Å². The van der Waals surface area contributed by atoms with Crippen molar-refractivity contribution in [2.24, 2.45) is 5.92 Å². The van der Waals surface area contributed by atoms with Crippen LogP contribution in [-0.2, 0) is 4.79 Å². The van der Waals surface area contributed by atoms with Gasteiger partial charge in [-0.25, -0.2) is 9.97 Å². The second-order valence-corrected chi connectivity index (χ2v) is 10.5. The molecule has 9 nitrogen and oxygen atoms in total. The first-order valence-electron chi connectivity index (χ1n) is 13.7. The third-order valence-electron chi connectivity index (χ3n) is 7.74. The number of carbonyl (C=O) groups excluding carboxylic acids is 1. The molecule has 3 N–H and O–H groups in total. The highest BCUT2D eigenvalue weighted by Gasteiger charge is 2.18. The van der Waals surface area contributed by atoms with Gasteiger partial charge in [-0.2, -0.15) is 5.10 Å². The van der Waals surface area contributed by atoms with Crippen LogP contribution >= 0.6 is 0 Å². The van der Waals surface area contributed by atoms with Crippen molar-refractivity contribution < 1.29 is 4.79 Å². The number of nitrogens with zero attached hydrogens (tertiary/aromatic N) is 5. The summed E-state index contributed by atoms with van der Waals surface area (Å²) in [5, 5.41) is 12.5. The van der Waals surface area contributed by atoms with Crippen LogP contribution in [0.4, 0.5) is 5.69 Å². The van der Waals surface area contributed by atoms with E-state index in [4.69, 9.17) is 0 Å². The van der Waals surface area contributed by atoms with E-state index in [1.165, 1.54) is 19.3 Å². The van der Waals surface area contributed by atoms with Crippen LogP contribution in [0, 0.1) is 5.92 Å². The Balaban J connectivity index is 1.19. The van der Waals surface area contributed by atoms with E-state index in [2.05, 4.69) is 46.5 Å². The second-order valence-electron chi connectivity index (χ2n) is 10.5. The third kappa shape index (κ3) is 4.70. The molecule has 0 spiro atoms. The predicted molar refractivity (Wildman–Crippen MR) is 155 cm³/mol. The van der Waals surface area contributed by atoms with Crippen molar-refractivity contribution in [3.8, 4) is 33.6 Å². The minimum Gasteiger partial charge on any atom is -0.338 e. The highest BCUT2D eigenvalue weighted by atomic mass is 16.1. The number of aromatic nitrogens is 7. The first kappa shape index (κ1) is 24.1. The average Bonchev–Trinajstić information content (AvgIpc) is 3.62. The van der Waals surface area contributed by atoms with Crippen LogP contribution in [-0.4, -0.2) is 41.0 Å². The van der Waals surface area contributed by atoms with E-state index in [1.54, 1.807) is 31.0 Å². The standard InChI is InChI=1S/C31H28N8O/c40-28(11-19-5-2-1-3-6-19)36-23-12-21(16-33-18-23)22-13-26-29(38-39-31(26)35-17-22)27-14-25-24(8-10-34-30(25)37-27)20-7-4-9-32-15-20/h4,7-10,12-19H,1-3,5-6,11H2,(H,34,37)(H,36,40)(H,35,38,39). The minimum absolute atomic E-state index is 0.0506. The van der Waals surface area contributed by atoms with Gasteiger partial charge in [0.25, 0.3) is 0 Å². The summed E-state index contributed by atoms with van der Waals surface area (Å²) < 4.78 is 0. The fourth-order valence-electron chi connectivity index (χ4n) is 5.73. The third-order valence-corrected chi connectivity index (χ3v) is 7.74. The van der Waals surface area contributed by atoms with Crippen LogP contribution in [0.3, 0.4) is 0 Å². The van der Waals surface area contributed by atoms with Gasteiger partial charge in [0, 0.05) is 64.9 Å². The molecule has 6 heterocycles. The maximum Gasteiger partial charge on any atom is 0.224 e. The van der Waals surface area contributed by atoms with Crippen molar-refractivity contribution in [2.45, 2.75) is 38.5 Å². The predicted octanol–water partition coefficient (Wildman–Crippen LogP) is 6.53. The monoisotopic (exact) mass is 528 g/mol. The van der Waals surface area contributed by atoms with Gasteiger partial charge in [0.1, 0.15) is 5.65 Å². The molecular formula is C31H28N8O. The van der Waals surface area contributed by atoms with Crippen molar-refractivity contribution in [3.05, 3.63) is 73.6 Å². The Labute approximate surface area is 230 Å². The number of H-pyrrole nitrogens is 2. The van der Waals surface area contributed by atoms with Gasteiger partial charge in [0.2, 0.25) is 5.91 Å². The van der Waals surface area contributed by atoms with E-state index in [-0.39, 0.29) is 5.91 Å². The van der Waals surface area contributed by atoms with Gasteiger partial charge in [0.15, 0.2) is 5.65 Å². The van der Waals surface area contributed by atoms with Crippen LogP contribution in [0.5, 0.6) is 0 Å². The zero-order valence-corrected chi connectivity index (χ0v) is 21.9. The van der Waals surface area contributed by atoms with Gasteiger partial charge >= 0.3 is 0 Å². The Morgan fingerprint density at radius 3 is 2.62 bits per heavy atom. The van der Waals surface area contributed by atoms with Gasteiger partial charge in [-0.05, 0) is 54.7 Å². The SMILES string of the molecule is O=C(CC1CCCCC1)Nc1cncc(-c2cnc3n[nH]c(-c4cc5c(-c6cccnc6)ccnc5[nH]4)c3c2)c1. The summed E-state index contributed by atoms with van der Waals surface area (Å²) in [5.74, 6) is 0.533. The lowest BCUT2D eigenvalue weighted by Crippen LogP contribution is -2.18. The second kappa shape index (κ2) is 10.3. The van der Waals surface area contributed by atoms with Crippen molar-refractivity contribution in [2.75, 3.05) is 5.32 Å². The summed E-state index contributed by atoms with van der Waals surface area (Å²) in [6, 6.07) is 12.0. The fraction of sp³-hybridized carbons (Fsp3) is 0.226. The molecule has 0 saturated heterocycles. The largest absolute Gasteiger partial charge is 0.338 e. The summed E-state index contributed by atoms with van der Waals surface area (Å²) in [7, 11) is 0. The number of anilines is 1. The van der Waals surface area contributed by atoms with E-state index in [0.717, 1.165) is 62.9 Å². The molecule has 6 aromatic heterocycles. The summed E-state index contributed by atoms with van der Waals surface area (Å²) in [6.45, 7) is 0. The minimum atomic E-state index is 0.0506. The Hall–Kier alpha value is -4.92. The van der Waals surface area contributed by atoms with Gasteiger partial charge in [0.05, 0.1) is 23.3 Å². The number of fused-ring (bicyclic) bond motifs is 2. The van der Waals surface area contributed by atoms with Crippen molar-refractivity contribution in [3.63, 3.8) is 0 Å². The van der Waals surface area contributed by atoms with Crippen molar-refractivity contribution in [1.82, 2.24) is 35.1 Å². The van der Waals surface area contributed by atoms with Crippen LogP contribution in [0.1, 0.15) is 38.5 Å². The number of rotatable bonds is 6. The molecule has 9 heteroatoms. The van der Waals surface area contributed by atoms with Crippen LogP contribution in [0.15, 0.2) is 73.6 Å². The number of carbonyl (C=O) groups is 1. The summed E-state index contributed by atoms with van der Waals surface area (Å²) in [5.41, 5.74) is 7.60. The fourth-order valence-corrected chi connectivity index (χ4v) is 5.73. The molecule has 1 aliphatic carbocycles. The molecule has 198 valence electrons. The maximum atomic E-state index is 12.7. The van der Waals surface area contributed by atoms with Crippen LogP contribution in [0.25, 0.3) is 55.7 Å². The lowest BCUT2D eigenvalue weighted by Gasteiger charge is -2.20. The average molecular weight is 529 g/mol. The molecule has 0 radical (unpaired) electrons. The zero-order chi connectivity index (χ0) is 26.9. The Bertz CT molecular complexity index is 1820. The maximum absolute atomic E-state index is 12.7. The quantitative estimate of drug-likeness (QED) is 0.226. The molecule has 1 aliphatic rings. The highest BCUT2D eigenvalue weighted by molar-refractivity contribution is 6.00. The Kier molecular flexibility index (Phi) is 6.24. The summed E-state index contributed by atoms with van der Waals surface area (Å²) in [4.78, 5) is 33.9. The van der Waals surface area contributed by atoms with E-state index in [0.29, 0.717) is 23.7 Å². The van der Waals surface area contributed by atoms with Gasteiger partial charge < -0.3 is 10.3 Å². The molecule has 40 heavy (non-hydrogen) atoms. The molecular weight excluding hydrogens is 500 g/mol. The first-order valence-corrected chi connectivity index (χ1v) is 13.7. The van der Waals surface area contributed by atoms with E-state index in [1.807, 2.05) is 36.5 Å². The smallest absolute Gasteiger partial charge is 0.224 e. The lowest BCUT2D eigenvalue weighted by molar-refractivity contribution is -0.117. The molecule has 0 aliphatic heterocycles. The molecule has 6 aromatic rings. The van der Waals surface area contributed by atoms with Crippen LogP contribution < -0.4 is 5.32 Å². The lowest BCUT2D eigenvalue weighted by atomic mass is 9.87. The molecule has 1 saturated carbocycles. The van der Waals surface area contributed by atoms with E-state index >= 15 is 0 Å². The molecule has 0 unspecified atom stereocenters. The molecule has 1 fully saturated rings. The summed E-state index contributed by atoms with van der Waals surface area (Å²) in [6.07, 6.45) is 17.2. The van der Waals surface area contributed by atoms with Gasteiger partial charge in [-0.3, -0.25) is 19.9 Å². The number of pyridine rings is 4. The number of amides is 1. The van der Waals surface area contributed by atoms with Crippen LogP contribution in [0.2, 0.25) is 0 Å². The molecule has 7 rings (SSSR count). The Morgan fingerprint density at radius 1 is 0.875 bits per heavy atom. The van der Waals surface area contributed by atoms with E-state index in [9.17, 15) is 4.79 Å². The number of aromatic amines is 2. The summed E-state index contributed by atoms with van der Waals surface area (Å²) >= 11 is 0. The molecule has 0 atom stereocenters. The molecule has 0 bridgehead atoms. The number of nitrogens with one attached hydrogen (secondary N) is 3. The molecule has 1 amide bonds. The zero-order valence-electron chi connectivity index (χ0n) is 21.9. The number of hydrogen-bond acceptors (Lipinski definition) is 6. The van der Waals surface area contributed by atoms with E-state index < -0.39 is 0 Å².